The van der Waals surface area contributed by atoms with Gasteiger partial charge in [0.15, 0.2) is 0 Å². The number of H-pyrrole nitrogens is 1. The molecule has 7 heteroatoms. The SMILES string of the molecule is CC(C)(C(=O)O)n1c(=O)[nH]c2ccc(Br)cc2c1=O. The molecule has 0 unspecified atom stereocenters. The van der Waals surface area contributed by atoms with Crippen LogP contribution in [0.5, 0.6) is 0 Å². The molecule has 0 radical (unpaired) electrons. The van der Waals surface area contributed by atoms with Gasteiger partial charge < -0.3 is 10.1 Å². The molecule has 2 N–H and O–H groups in total. The van der Waals surface area contributed by atoms with Gasteiger partial charge in [0.05, 0.1) is 10.9 Å². The number of benzene rings is 1. The van der Waals surface area contributed by atoms with Gasteiger partial charge in [-0.15, -0.1) is 0 Å². The third-order valence-electron chi connectivity index (χ3n) is 2.94. The van der Waals surface area contributed by atoms with Crippen LogP contribution >= 0.6 is 15.9 Å². The van der Waals surface area contributed by atoms with Gasteiger partial charge >= 0.3 is 11.7 Å². The molecule has 0 amide bonds. The summed E-state index contributed by atoms with van der Waals surface area (Å²) in [5, 5.41) is 9.40. The van der Waals surface area contributed by atoms with Crippen LogP contribution in [0.1, 0.15) is 13.8 Å². The monoisotopic (exact) mass is 326 g/mol. The van der Waals surface area contributed by atoms with Crippen LogP contribution in [0.2, 0.25) is 0 Å². The molecule has 6 nitrogen and oxygen atoms in total. The summed E-state index contributed by atoms with van der Waals surface area (Å²) in [4.78, 5) is 38.0. The number of fused-ring (bicyclic) bond motifs is 1. The first-order chi connectivity index (χ1) is 8.75. The van der Waals surface area contributed by atoms with E-state index in [-0.39, 0.29) is 5.39 Å². The third-order valence-corrected chi connectivity index (χ3v) is 3.44. The number of nitrogens with one attached hydrogen (secondary N) is 1. The van der Waals surface area contributed by atoms with E-state index in [9.17, 15) is 14.4 Å². The molecular formula is C12H11BrN2O4. The predicted octanol–water partition coefficient (Wildman–Crippen LogP) is 1.27. The lowest BCUT2D eigenvalue weighted by Gasteiger charge is -2.21. The molecule has 19 heavy (non-hydrogen) atoms. The molecule has 2 aromatic rings. The summed E-state index contributed by atoms with van der Waals surface area (Å²) < 4.78 is 1.38. The van der Waals surface area contributed by atoms with Gasteiger partial charge in [-0.1, -0.05) is 15.9 Å². The van der Waals surface area contributed by atoms with Gasteiger partial charge in [-0.2, -0.15) is 0 Å². The van der Waals surface area contributed by atoms with Gasteiger partial charge in [0.2, 0.25) is 0 Å². The smallest absolute Gasteiger partial charge is 0.329 e. The molecule has 0 spiro atoms. The molecular weight excluding hydrogens is 316 g/mol. The summed E-state index contributed by atoms with van der Waals surface area (Å²) in [7, 11) is 0. The van der Waals surface area contributed by atoms with Crippen molar-refractivity contribution in [1.82, 2.24) is 9.55 Å². The third kappa shape index (κ3) is 2.10. The number of aromatic amines is 1. The maximum Gasteiger partial charge on any atom is 0.329 e. The normalized spacial score (nSPS) is 11.7. The molecule has 0 saturated carbocycles. The molecule has 1 heterocycles. The fraction of sp³-hybridized carbons (Fsp3) is 0.250. The Morgan fingerprint density at radius 1 is 1.37 bits per heavy atom. The lowest BCUT2D eigenvalue weighted by Crippen LogP contribution is -2.50. The molecule has 0 bridgehead atoms. The van der Waals surface area contributed by atoms with Gasteiger partial charge in [0.25, 0.3) is 5.56 Å². The van der Waals surface area contributed by atoms with Crippen molar-refractivity contribution in [2.24, 2.45) is 0 Å². The van der Waals surface area contributed by atoms with E-state index in [4.69, 9.17) is 5.11 Å². The van der Waals surface area contributed by atoms with E-state index in [0.717, 1.165) is 0 Å². The van der Waals surface area contributed by atoms with Crippen LogP contribution in [-0.2, 0) is 10.3 Å². The van der Waals surface area contributed by atoms with Crippen molar-refractivity contribution in [2.75, 3.05) is 0 Å². The van der Waals surface area contributed by atoms with Gasteiger partial charge in [-0.25, -0.2) is 14.2 Å². The minimum Gasteiger partial charge on any atom is -0.480 e. The maximum absolute atomic E-state index is 12.3. The Bertz CT molecular complexity index is 788. The summed E-state index contributed by atoms with van der Waals surface area (Å²) in [6.07, 6.45) is 0. The standard InChI is InChI=1S/C12H11BrN2O4/c1-12(2,10(17)18)15-9(16)7-5-6(13)3-4-8(7)14-11(15)19/h3-5H,1-2H3,(H,14,19)(H,17,18). The van der Waals surface area contributed by atoms with E-state index in [0.29, 0.717) is 14.6 Å². The number of hydrogen-bond donors (Lipinski definition) is 2. The zero-order valence-corrected chi connectivity index (χ0v) is 11.8. The first kappa shape index (κ1) is 13.5. The number of carbonyl (C=O) groups is 1. The number of carboxylic acids is 1. The average Bonchev–Trinajstić information content (AvgIpc) is 2.30. The quantitative estimate of drug-likeness (QED) is 0.869. The molecule has 1 aromatic heterocycles. The number of aliphatic carboxylic acids is 1. The van der Waals surface area contributed by atoms with Crippen LogP contribution in [-0.4, -0.2) is 20.6 Å². The van der Waals surface area contributed by atoms with Crippen LogP contribution in [0.4, 0.5) is 0 Å². The summed E-state index contributed by atoms with van der Waals surface area (Å²) in [6, 6.07) is 4.81. The van der Waals surface area contributed by atoms with Gasteiger partial charge in [0, 0.05) is 4.47 Å². The minimum atomic E-state index is -1.62. The lowest BCUT2D eigenvalue weighted by molar-refractivity contribution is -0.146. The van der Waals surface area contributed by atoms with Crippen LogP contribution < -0.4 is 11.2 Å². The Balaban J connectivity index is 2.95. The highest BCUT2D eigenvalue weighted by molar-refractivity contribution is 9.10. The van der Waals surface area contributed by atoms with E-state index in [1.807, 2.05) is 0 Å². The first-order valence-corrected chi connectivity index (χ1v) is 6.23. The number of hydrogen-bond acceptors (Lipinski definition) is 3. The van der Waals surface area contributed by atoms with Gasteiger partial charge in [-0.05, 0) is 32.0 Å². The molecule has 1 aromatic carbocycles. The Morgan fingerprint density at radius 2 is 2.00 bits per heavy atom. The summed E-state index contributed by atoms with van der Waals surface area (Å²) in [6.45, 7) is 2.60. The van der Waals surface area contributed by atoms with Crippen molar-refractivity contribution in [2.45, 2.75) is 19.4 Å². The second-order valence-electron chi connectivity index (χ2n) is 4.62. The largest absolute Gasteiger partial charge is 0.480 e. The highest BCUT2D eigenvalue weighted by atomic mass is 79.9. The van der Waals surface area contributed by atoms with Crippen LogP contribution in [0.25, 0.3) is 10.9 Å². The maximum atomic E-state index is 12.3. The van der Waals surface area contributed by atoms with E-state index >= 15 is 0 Å². The molecule has 2 rings (SSSR count). The highest BCUT2D eigenvalue weighted by Crippen LogP contribution is 2.16. The zero-order chi connectivity index (χ0) is 14.4. The molecule has 0 aliphatic rings. The Labute approximate surface area is 115 Å². The topological polar surface area (TPSA) is 92.2 Å². The Hall–Kier alpha value is -1.89. The highest BCUT2D eigenvalue weighted by Gasteiger charge is 2.33. The Kier molecular flexibility index (Phi) is 3.09. The van der Waals surface area contributed by atoms with Crippen LogP contribution in [0.3, 0.4) is 0 Å². The second-order valence-corrected chi connectivity index (χ2v) is 5.54. The number of halogens is 1. The lowest BCUT2D eigenvalue weighted by atomic mass is 10.1. The number of carboxylic acid groups (broad SMARTS) is 1. The number of nitrogens with zero attached hydrogens (tertiary/aromatic N) is 1. The minimum absolute atomic E-state index is 0.253. The number of aromatic nitrogens is 2. The van der Waals surface area contributed by atoms with Crippen molar-refractivity contribution in [3.8, 4) is 0 Å². The summed E-state index contributed by atoms with van der Waals surface area (Å²) in [5.41, 5.74) is -2.63. The van der Waals surface area contributed by atoms with Crippen molar-refractivity contribution < 1.29 is 9.90 Å². The van der Waals surface area contributed by atoms with E-state index in [2.05, 4.69) is 20.9 Å². The summed E-state index contributed by atoms with van der Waals surface area (Å²) in [5.74, 6) is -1.26. The predicted molar refractivity (Wildman–Crippen MR) is 73.5 cm³/mol. The van der Waals surface area contributed by atoms with Crippen molar-refractivity contribution in [3.63, 3.8) is 0 Å². The molecule has 0 saturated heterocycles. The van der Waals surface area contributed by atoms with Crippen molar-refractivity contribution >= 4 is 32.8 Å². The van der Waals surface area contributed by atoms with Gasteiger partial charge in [-0.3, -0.25) is 4.79 Å². The van der Waals surface area contributed by atoms with Crippen LogP contribution in [0, 0.1) is 0 Å². The summed E-state index contributed by atoms with van der Waals surface area (Å²) >= 11 is 3.23. The molecule has 0 aliphatic heterocycles. The van der Waals surface area contributed by atoms with E-state index in [1.54, 1.807) is 18.2 Å². The van der Waals surface area contributed by atoms with Gasteiger partial charge in [0.1, 0.15) is 5.54 Å². The van der Waals surface area contributed by atoms with Crippen molar-refractivity contribution in [1.29, 1.82) is 0 Å². The Morgan fingerprint density at radius 3 is 2.58 bits per heavy atom. The number of rotatable bonds is 2. The molecule has 100 valence electrons. The second kappa shape index (κ2) is 4.34. The molecule has 0 fully saturated rings. The zero-order valence-electron chi connectivity index (χ0n) is 10.2. The van der Waals surface area contributed by atoms with E-state index in [1.165, 1.54) is 13.8 Å². The van der Waals surface area contributed by atoms with Crippen LogP contribution in [0.15, 0.2) is 32.3 Å². The molecule has 0 atom stereocenters. The average molecular weight is 327 g/mol. The fourth-order valence-corrected chi connectivity index (χ4v) is 2.15. The first-order valence-electron chi connectivity index (χ1n) is 5.43. The fourth-order valence-electron chi connectivity index (χ4n) is 1.79. The molecule has 0 aliphatic carbocycles. The van der Waals surface area contributed by atoms with E-state index < -0.39 is 22.8 Å². The van der Waals surface area contributed by atoms with Crippen molar-refractivity contribution in [3.05, 3.63) is 43.5 Å².